The molecule has 0 atom stereocenters. The van der Waals surface area contributed by atoms with Crippen LogP contribution in [0.4, 0.5) is 5.82 Å². The third kappa shape index (κ3) is 3.90. The summed E-state index contributed by atoms with van der Waals surface area (Å²) in [4.78, 5) is 30.2. The van der Waals surface area contributed by atoms with Gasteiger partial charge in [0.15, 0.2) is 0 Å². The summed E-state index contributed by atoms with van der Waals surface area (Å²) in [6.07, 6.45) is 6.59. The Balaban J connectivity index is 1.80. The van der Waals surface area contributed by atoms with Crippen LogP contribution < -0.4 is 10.9 Å². The summed E-state index contributed by atoms with van der Waals surface area (Å²) in [5.41, 5.74) is 2.33. The second-order valence-corrected chi connectivity index (χ2v) is 7.61. The maximum absolute atomic E-state index is 12.8. The summed E-state index contributed by atoms with van der Waals surface area (Å²) in [5.74, 6) is 0.458. The Morgan fingerprint density at radius 2 is 1.90 bits per heavy atom. The molecule has 4 aromatic rings. The van der Waals surface area contributed by atoms with Crippen LogP contribution in [0.2, 0.25) is 0 Å². The first-order chi connectivity index (χ1) is 14.3. The molecule has 0 bridgehead atoms. The monoisotopic (exact) mass is 402 g/mol. The molecule has 2 N–H and O–H groups in total. The first-order valence-electron chi connectivity index (χ1n) is 9.51. The normalized spacial score (nSPS) is 11.6. The summed E-state index contributed by atoms with van der Waals surface area (Å²) < 4.78 is 1.43. The third-order valence-electron chi connectivity index (χ3n) is 4.80. The molecule has 0 aliphatic heterocycles. The van der Waals surface area contributed by atoms with Crippen molar-refractivity contribution < 1.29 is 5.11 Å². The Morgan fingerprint density at radius 3 is 2.57 bits per heavy atom. The van der Waals surface area contributed by atoms with Crippen LogP contribution in [-0.2, 0) is 19.2 Å². The zero-order valence-corrected chi connectivity index (χ0v) is 17.0. The van der Waals surface area contributed by atoms with E-state index in [4.69, 9.17) is 4.98 Å². The van der Waals surface area contributed by atoms with Crippen LogP contribution in [-0.4, -0.2) is 29.6 Å². The van der Waals surface area contributed by atoms with Gasteiger partial charge in [0.05, 0.1) is 23.2 Å². The van der Waals surface area contributed by atoms with Crippen molar-refractivity contribution in [2.45, 2.75) is 26.0 Å². The van der Waals surface area contributed by atoms with Crippen molar-refractivity contribution in [1.82, 2.24) is 24.5 Å². The summed E-state index contributed by atoms with van der Waals surface area (Å²) in [6.45, 7) is 3.86. The first kappa shape index (κ1) is 19.7. The predicted molar refractivity (Wildman–Crippen MR) is 115 cm³/mol. The zero-order chi connectivity index (χ0) is 21.3. The maximum Gasteiger partial charge on any atom is 0.264 e. The topological polar surface area (TPSA) is 106 Å². The van der Waals surface area contributed by atoms with Gasteiger partial charge in [-0.3, -0.25) is 14.8 Å². The average molecular weight is 402 g/mol. The van der Waals surface area contributed by atoms with Gasteiger partial charge in [-0.15, -0.1) is 0 Å². The number of rotatable bonds is 5. The number of aromatic nitrogens is 5. The summed E-state index contributed by atoms with van der Waals surface area (Å²) in [6, 6.07) is 9.18. The van der Waals surface area contributed by atoms with Gasteiger partial charge in [-0.1, -0.05) is 0 Å². The SMILES string of the molecule is Cn1cnc2cc(-c3ccc(C(C)(C)O)nc3)nc(NCc3ccncc3)c2c1=O. The first-order valence-corrected chi connectivity index (χ1v) is 9.51. The van der Waals surface area contributed by atoms with Crippen LogP contribution in [0.25, 0.3) is 22.2 Å². The highest BCUT2D eigenvalue weighted by Crippen LogP contribution is 2.26. The second kappa shape index (κ2) is 7.64. The Labute approximate surface area is 173 Å². The largest absolute Gasteiger partial charge is 0.384 e. The highest BCUT2D eigenvalue weighted by Gasteiger charge is 2.18. The highest BCUT2D eigenvalue weighted by atomic mass is 16.3. The van der Waals surface area contributed by atoms with E-state index in [1.807, 2.05) is 18.2 Å². The Kier molecular flexibility index (Phi) is 5.01. The van der Waals surface area contributed by atoms with E-state index in [0.717, 1.165) is 11.1 Å². The molecule has 8 nitrogen and oxygen atoms in total. The quantitative estimate of drug-likeness (QED) is 0.528. The number of nitrogens with one attached hydrogen (secondary N) is 1. The van der Waals surface area contributed by atoms with Crippen molar-refractivity contribution in [3.8, 4) is 11.3 Å². The highest BCUT2D eigenvalue weighted by molar-refractivity contribution is 5.91. The molecule has 4 heterocycles. The van der Waals surface area contributed by atoms with Crippen LogP contribution >= 0.6 is 0 Å². The molecule has 0 aliphatic rings. The van der Waals surface area contributed by atoms with Gasteiger partial charge in [0.1, 0.15) is 16.8 Å². The molecule has 8 heteroatoms. The van der Waals surface area contributed by atoms with Crippen molar-refractivity contribution in [2.75, 3.05) is 5.32 Å². The molecule has 30 heavy (non-hydrogen) atoms. The standard InChI is InChI=1S/C22H22N6O2/c1-22(2,30)18-5-4-15(12-24-18)16-10-17-19(21(29)28(3)13-26-17)20(27-16)25-11-14-6-8-23-9-7-14/h4-10,12-13,30H,11H2,1-3H3,(H,25,27). The molecule has 0 aliphatic carbocycles. The van der Waals surface area contributed by atoms with Crippen molar-refractivity contribution in [1.29, 1.82) is 0 Å². The van der Waals surface area contributed by atoms with Gasteiger partial charge in [-0.05, 0) is 49.7 Å². The molecule has 0 saturated carbocycles. The molecule has 152 valence electrons. The lowest BCUT2D eigenvalue weighted by atomic mass is 10.0. The molecule has 4 aromatic heterocycles. The molecule has 0 amide bonds. The fourth-order valence-electron chi connectivity index (χ4n) is 3.09. The maximum atomic E-state index is 12.8. The van der Waals surface area contributed by atoms with E-state index < -0.39 is 5.60 Å². The molecular weight excluding hydrogens is 380 g/mol. The Hall–Kier alpha value is -3.65. The minimum absolute atomic E-state index is 0.174. The van der Waals surface area contributed by atoms with Crippen molar-refractivity contribution in [3.05, 3.63) is 76.9 Å². The molecule has 0 radical (unpaired) electrons. The van der Waals surface area contributed by atoms with E-state index in [-0.39, 0.29) is 5.56 Å². The summed E-state index contributed by atoms with van der Waals surface area (Å²) in [7, 11) is 1.66. The molecule has 0 aromatic carbocycles. The number of aliphatic hydroxyl groups is 1. The Bertz CT molecular complexity index is 1250. The zero-order valence-electron chi connectivity index (χ0n) is 17.0. The van der Waals surface area contributed by atoms with Gasteiger partial charge < -0.3 is 15.0 Å². The van der Waals surface area contributed by atoms with E-state index in [1.54, 1.807) is 51.6 Å². The van der Waals surface area contributed by atoms with Crippen LogP contribution in [0, 0.1) is 0 Å². The minimum Gasteiger partial charge on any atom is -0.384 e. The molecule has 0 saturated heterocycles. The molecule has 0 fully saturated rings. The van der Waals surface area contributed by atoms with E-state index >= 15 is 0 Å². The van der Waals surface area contributed by atoms with E-state index in [9.17, 15) is 9.90 Å². The second-order valence-electron chi connectivity index (χ2n) is 7.61. The number of pyridine rings is 3. The van der Waals surface area contributed by atoms with Crippen molar-refractivity contribution in [2.24, 2.45) is 7.05 Å². The number of hydrogen-bond acceptors (Lipinski definition) is 7. The summed E-state index contributed by atoms with van der Waals surface area (Å²) in [5, 5.41) is 13.8. The fourth-order valence-corrected chi connectivity index (χ4v) is 3.09. The minimum atomic E-state index is -1.03. The Morgan fingerprint density at radius 1 is 1.13 bits per heavy atom. The number of nitrogens with zero attached hydrogens (tertiary/aromatic N) is 5. The van der Waals surface area contributed by atoms with Crippen molar-refractivity contribution in [3.63, 3.8) is 0 Å². The molecule has 4 rings (SSSR count). The molecule has 0 unspecified atom stereocenters. The lowest BCUT2D eigenvalue weighted by Gasteiger charge is -2.16. The smallest absolute Gasteiger partial charge is 0.264 e. The van der Waals surface area contributed by atoms with Crippen LogP contribution in [0.15, 0.2) is 60.0 Å². The lowest BCUT2D eigenvalue weighted by Crippen LogP contribution is -2.19. The van der Waals surface area contributed by atoms with Crippen LogP contribution in [0.5, 0.6) is 0 Å². The van der Waals surface area contributed by atoms with Crippen LogP contribution in [0.3, 0.4) is 0 Å². The van der Waals surface area contributed by atoms with E-state index in [0.29, 0.717) is 34.7 Å². The third-order valence-corrected chi connectivity index (χ3v) is 4.80. The lowest BCUT2D eigenvalue weighted by molar-refractivity contribution is 0.0739. The van der Waals surface area contributed by atoms with Gasteiger partial charge in [0.2, 0.25) is 0 Å². The summed E-state index contributed by atoms with van der Waals surface area (Å²) >= 11 is 0. The van der Waals surface area contributed by atoms with Gasteiger partial charge >= 0.3 is 0 Å². The molecular formula is C22H22N6O2. The van der Waals surface area contributed by atoms with Crippen LogP contribution in [0.1, 0.15) is 25.1 Å². The van der Waals surface area contributed by atoms with Crippen molar-refractivity contribution >= 4 is 16.7 Å². The number of anilines is 1. The van der Waals surface area contributed by atoms with Gasteiger partial charge in [0, 0.05) is 37.7 Å². The van der Waals surface area contributed by atoms with E-state index in [1.165, 1.54) is 10.9 Å². The number of aryl methyl sites for hydroxylation is 1. The number of fused-ring (bicyclic) bond motifs is 1. The van der Waals surface area contributed by atoms with Gasteiger partial charge in [-0.25, -0.2) is 9.97 Å². The predicted octanol–water partition coefficient (Wildman–Crippen LogP) is 2.62. The van der Waals surface area contributed by atoms with Gasteiger partial charge in [0.25, 0.3) is 5.56 Å². The molecule has 0 spiro atoms. The van der Waals surface area contributed by atoms with Gasteiger partial charge in [-0.2, -0.15) is 0 Å². The average Bonchev–Trinajstić information content (AvgIpc) is 2.74. The van der Waals surface area contributed by atoms with E-state index in [2.05, 4.69) is 20.3 Å². The fraction of sp³-hybridized carbons (Fsp3) is 0.227. The number of hydrogen-bond donors (Lipinski definition) is 2.